The van der Waals surface area contributed by atoms with Crippen LogP contribution in [0.4, 0.5) is 16.6 Å². The van der Waals surface area contributed by atoms with Gasteiger partial charge in [-0.3, -0.25) is 4.98 Å². The summed E-state index contributed by atoms with van der Waals surface area (Å²) in [6.07, 6.45) is 4.99. The first-order valence-electron chi connectivity index (χ1n) is 12.6. The molecular weight excluding hydrogens is 456 g/mol. The largest absolute Gasteiger partial charge is 0.444 e. The van der Waals surface area contributed by atoms with E-state index in [1.807, 2.05) is 32.9 Å². The molecular formula is C27H34N6O3. The van der Waals surface area contributed by atoms with Crippen LogP contribution in [0.3, 0.4) is 0 Å². The van der Waals surface area contributed by atoms with Crippen LogP contribution in [0.1, 0.15) is 32.8 Å². The van der Waals surface area contributed by atoms with Gasteiger partial charge in [-0.25, -0.2) is 9.78 Å². The Morgan fingerprint density at radius 1 is 1.14 bits per heavy atom. The van der Waals surface area contributed by atoms with Crippen LogP contribution in [0.25, 0.3) is 10.9 Å². The van der Waals surface area contributed by atoms with Crippen LogP contribution in [0.5, 0.6) is 0 Å². The Morgan fingerprint density at radius 2 is 1.97 bits per heavy atom. The lowest BCUT2D eigenvalue weighted by molar-refractivity contribution is 0.0293. The number of hydrogen-bond donors (Lipinski definition) is 1. The van der Waals surface area contributed by atoms with Gasteiger partial charge < -0.3 is 24.6 Å². The van der Waals surface area contributed by atoms with Crippen molar-refractivity contribution in [2.45, 2.75) is 51.4 Å². The molecule has 2 aliphatic heterocycles. The summed E-state index contributed by atoms with van der Waals surface area (Å²) in [6.45, 7) is 8.94. The van der Waals surface area contributed by atoms with Crippen molar-refractivity contribution < 1.29 is 14.3 Å². The van der Waals surface area contributed by atoms with Gasteiger partial charge in [-0.15, -0.1) is 0 Å². The predicted octanol–water partition coefficient (Wildman–Crippen LogP) is 3.89. The molecule has 3 aromatic rings. The number of amides is 1. The number of nitrogens with one attached hydrogen (secondary N) is 1. The van der Waals surface area contributed by atoms with Crippen LogP contribution in [-0.2, 0) is 15.9 Å². The maximum atomic E-state index is 12.5. The molecule has 1 aromatic carbocycles. The second-order valence-electron chi connectivity index (χ2n) is 10.4. The van der Waals surface area contributed by atoms with Crippen molar-refractivity contribution in [3.05, 3.63) is 54.4 Å². The lowest BCUT2D eigenvalue weighted by Gasteiger charge is -2.33. The fraction of sp³-hybridized carbons (Fsp3) is 0.481. The summed E-state index contributed by atoms with van der Waals surface area (Å²) in [4.78, 5) is 30.5. The summed E-state index contributed by atoms with van der Waals surface area (Å²) in [5.41, 5.74) is 1.54. The molecule has 0 radical (unpaired) electrons. The van der Waals surface area contributed by atoms with E-state index in [4.69, 9.17) is 19.4 Å². The highest BCUT2D eigenvalue weighted by atomic mass is 16.6. The van der Waals surface area contributed by atoms with Crippen molar-refractivity contribution in [2.75, 3.05) is 43.0 Å². The first-order valence-corrected chi connectivity index (χ1v) is 12.6. The number of rotatable bonds is 5. The van der Waals surface area contributed by atoms with Crippen LogP contribution in [0.15, 0.2) is 48.8 Å². The Hall–Kier alpha value is -3.46. The third-order valence-electron chi connectivity index (χ3n) is 6.40. The van der Waals surface area contributed by atoms with Gasteiger partial charge in [-0.2, -0.15) is 4.98 Å². The second-order valence-corrected chi connectivity index (χ2v) is 10.4. The molecule has 190 valence electrons. The van der Waals surface area contributed by atoms with Crippen molar-refractivity contribution in [1.29, 1.82) is 0 Å². The van der Waals surface area contributed by atoms with Crippen molar-refractivity contribution in [1.82, 2.24) is 19.9 Å². The Kier molecular flexibility index (Phi) is 6.91. The Labute approximate surface area is 211 Å². The van der Waals surface area contributed by atoms with Gasteiger partial charge in [0.1, 0.15) is 11.4 Å². The van der Waals surface area contributed by atoms with Crippen molar-refractivity contribution in [2.24, 2.45) is 0 Å². The third kappa shape index (κ3) is 5.84. The van der Waals surface area contributed by atoms with E-state index < -0.39 is 5.60 Å². The average Bonchev–Trinajstić information content (AvgIpc) is 3.33. The minimum absolute atomic E-state index is 0.0722. The van der Waals surface area contributed by atoms with E-state index in [0.717, 1.165) is 42.7 Å². The first-order chi connectivity index (χ1) is 17.3. The number of hydrogen-bond acceptors (Lipinski definition) is 8. The lowest BCUT2D eigenvalue weighted by Crippen LogP contribution is -2.44. The molecule has 36 heavy (non-hydrogen) atoms. The van der Waals surface area contributed by atoms with Crippen molar-refractivity contribution >= 4 is 28.8 Å². The van der Waals surface area contributed by atoms with Crippen molar-refractivity contribution in [3.63, 3.8) is 0 Å². The molecule has 1 unspecified atom stereocenters. The van der Waals surface area contributed by atoms with Crippen LogP contribution in [-0.4, -0.2) is 76.5 Å². The summed E-state index contributed by atoms with van der Waals surface area (Å²) in [5, 5.41) is 4.49. The molecule has 2 saturated heterocycles. The number of ether oxygens (including phenoxy) is 2. The van der Waals surface area contributed by atoms with Gasteiger partial charge in [-0.05, 0) is 38.8 Å². The normalized spacial score (nSPS) is 20.5. The zero-order chi connectivity index (χ0) is 25.1. The summed E-state index contributed by atoms with van der Waals surface area (Å²) < 4.78 is 11.6. The van der Waals surface area contributed by atoms with E-state index in [0.29, 0.717) is 25.6 Å². The van der Waals surface area contributed by atoms with Gasteiger partial charge in [-0.1, -0.05) is 30.3 Å². The van der Waals surface area contributed by atoms with E-state index in [-0.39, 0.29) is 18.2 Å². The summed E-state index contributed by atoms with van der Waals surface area (Å²) in [6, 6.07) is 12.4. The summed E-state index contributed by atoms with van der Waals surface area (Å²) in [7, 11) is 0. The maximum absolute atomic E-state index is 12.5. The minimum atomic E-state index is -0.510. The number of pyridine rings is 1. The summed E-state index contributed by atoms with van der Waals surface area (Å²) in [5.74, 6) is 1.43. The standard InChI is InChI=1S/C27H34N6O3/c1-27(2,3)36-26(34)33-12-10-20(17-33)29-24-22-9-11-28-16-23(22)30-25(31-24)32-13-14-35-21(18-32)15-19-7-5-4-6-8-19/h4-9,11,16,20-21H,10,12-15,17-18H2,1-3H3,(H,29,30,31)/t20?,21-/m1/s1. The number of morpholine rings is 1. The van der Waals surface area contributed by atoms with Gasteiger partial charge in [0.05, 0.1) is 24.4 Å². The molecule has 2 aromatic heterocycles. The maximum Gasteiger partial charge on any atom is 0.410 e. The van der Waals surface area contributed by atoms with Gasteiger partial charge in [0, 0.05) is 50.2 Å². The van der Waals surface area contributed by atoms with Gasteiger partial charge in [0.15, 0.2) is 0 Å². The fourth-order valence-electron chi connectivity index (χ4n) is 4.69. The second kappa shape index (κ2) is 10.3. The highest BCUT2D eigenvalue weighted by Crippen LogP contribution is 2.27. The number of carbonyl (C=O) groups excluding carboxylic acids is 1. The fourth-order valence-corrected chi connectivity index (χ4v) is 4.69. The smallest absolute Gasteiger partial charge is 0.410 e. The third-order valence-corrected chi connectivity index (χ3v) is 6.40. The average molecular weight is 491 g/mol. The monoisotopic (exact) mass is 490 g/mol. The Balaban J connectivity index is 1.32. The van der Waals surface area contributed by atoms with Gasteiger partial charge in [0.25, 0.3) is 0 Å². The van der Waals surface area contributed by atoms with E-state index >= 15 is 0 Å². The van der Waals surface area contributed by atoms with Crippen molar-refractivity contribution in [3.8, 4) is 0 Å². The minimum Gasteiger partial charge on any atom is -0.444 e. The molecule has 0 bridgehead atoms. The van der Waals surface area contributed by atoms with Crippen LogP contribution >= 0.6 is 0 Å². The van der Waals surface area contributed by atoms with E-state index in [2.05, 4.69) is 39.5 Å². The summed E-state index contributed by atoms with van der Waals surface area (Å²) >= 11 is 0. The number of likely N-dealkylation sites (tertiary alicyclic amines) is 1. The molecule has 1 N–H and O–H groups in total. The van der Waals surface area contributed by atoms with E-state index in [9.17, 15) is 4.79 Å². The molecule has 0 aliphatic carbocycles. The highest BCUT2D eigenvalue weighted by Gasteiger charge is 2.31. The van der Waals surface area contributed by atoms with E-state index in [1.54, 1.807) is 17.3 Å². The van der Waals surface area contributed by atoms with Gasteiger partial charge >= 0.3 is 6.09 Å². The Morgan fingerprint density at radius 3 is 2.78 bits per heavy atom. The number of aromatic nitrogens is 3. The van der Waals surface area contributed by atoms with Crippen LogP contribution in [0.2, 0.25) is 0 Å². The first kappa shape index (κ1) is 24.2. The van der Waals surface area contributed by atoms with E-state index in [1.165, 1.54) is 5.56 Å². The quantitative estimate of drug-likeness (QED) is 0.576. The van der Waals surface area contributed by atoms with Gasteiger partial charge in [0.2, 0.25) is 5.95 Å². The number of carbonyl (C=O) groups is 1. The number of nitrogens with zero attached hydrogens (tertiary/aromatic N) is 5. The molecule has 0 saturated carbocycles. The zero-order valence-corrected chi connectivity index (χ0v) is 21.2. The SMILES string of the molecule is CC(C)(C)OC(=O)N1CCC(Nc2nc(N3CCO[C@H](Cc4ccccc4)C3)nc3cnccc23)C1. The molecule has 4 heterocycles. The number of fused-ring (bicyclic) bond motifs is 1. The molecule has 2 aliphatic rings. The zero-order valence-electron chi connectivity index (χ0n) is 21.2. The molecule has 0 spiro atoms. The molecule has 9 heteroatoms. The highest BCUT2D eigenvalue weighted by molar-refractivity contribution is 5.89. The number of anilines is 2. The molecule has 9 nitrogen and oxygen atoms in total. The van der Waals surface area contributed by atoms with Crippen LogP contribution < -0.4 is 10.2 Å². The molecule has 2 atom stereocenters. The predicted molar refractivity (Wildman–Crippen MR) is 139 cm³/mol. The number of benzene rings is 1. The van der Waals surface area contributed by atoms with Crippen LogP contribution in [0, 0.1) is 0 Å². The Bertz CT molecular complexity index is 1200. The molecule has 5 rings (SSSR count). The topological polar surface area (TPSA) is 92.7 Å². The lowest BCUT2D eigenvalue weighted by atomic mass is 10.1. The molecule has 1 amide bonds. The molecule has 2 fully saturated rings.